The van der Waals surface area contributed by atoms with E-state index in [1.54, 1.807) is 0 Å². The topological polar surface area (TPSA) is 35.6 Å². The molecule has 0 saturated carbocycles. The van der Waals surface area contributed by atoms with Crippen LogP contribution in [0.1, 0.15) is 60.8 Å². The quantitative estimate of drug-likeness (QED) is 0.711. The van der Waals surface area contributed by atoms with Gasteiger partial charge in [-0.25, -0.2) is 0 Å². The Kier molecular flexibility index (Phi) is 7.67. The van der Waals surface area contributed by atoms with Gasteiger partial charge >= 0.3 is 0 Å². The van der Waals surface area contributed by atoms with E-state index >= 15 is 0 Å². The Balaban J connectivity index is 2.81. The Labute approximate surface area is 131 Å². The van der Waals surface area contributed by atoms with Gasteiger partial charge in [0.25, 0.3) is 0 Å². The van der Waals surface area contributed by atoms with Crippen molar-refractivity contribution in [3.8, 4) is 0 Å². The smallest absolute Gasteiger partial charge is 0.241 e. The first-order valence-corrected chi connectivity index (χ1v) is 8.80. The lowest BCUT2D eigenvalue weighted by Crippen LogP contribution is -2.48. The van der Waals surface area contributed by atoms with E-state index in [4.69, 9.17) is 0 Å². The van der Waals surface area contributed by atoms with Gasteiger partial charge in [-0.15, -0.1) is 0 Å². The zero-order chi connectivity index (χ0) is 16.0. The van der Waals surface area contributed by atoms with Crippen LogP contribution in [0.25, 0.3) is 0 Å². The number of nitrogens with zero attached hydrogens (tertiary/aromatic N) is 2. The van der Waals surface area contributed by atoms with E-state index in [-0.39, 0.29) is 18.2 Å². The first-order valence-electron chi connectivity index (χ1n) is 8.80. The van der Waals surface area contributed by atoms with Crippen LogP contribution in [-0.2, 0) is 4.79 Å². The Hall–Kier alpha value is -0.610. The molecule has 0 bridgehead atoms. The number of carbonyl (C=O) groups is 1. The molecule has 1 aliphatic rings. The van der Waals surface area contributed by atoms with E-state index in [1.807, 2.05) is 0 Å². The summed E-state index contributed by atoms with van der Waals surface area (Å²) in [7, 11) is 0. The molecule has 0 aliphatic carbocycles. The number of rotatable bonds is 9. The number of carbonyl (C=O) groups excluding carboxylic acids is 1. The van der Waals surface area contributed by atoms with Gasteiger partial charge in [0, 0.05) is 12.6 Å². The molecule has 0 aromatic carbocycles. The van der Waals surface area contributed by atoms with Crippen LogP contribution in [-0.4, -0.2) is 53.6 Å². The lowest BCUT2D eigenvalue weighted by Gasteiger charge is -2.33. The van der Waals surface area contributed by atoms with Crippen LogP contribution in [0.2, 0.25) is 0 Å². The summed E-state index contributed by atoms with van der Waals surface area (Å²) in [6.07, 6.45) is 3.40. The number of hydrogen-bond donors (Lipinski definition) is 1. The zero-order valence-corrected chi connectivity index (χ0v) is 14.9. The molecule has 1 amide bonds. The average Bonchev–Trinajstić information content (AvgIpc) is 2.80. The highest BCUT2D eigenvalue weighted by Gasteiger charge is 2.42. The largest absolute Gasteiger partial charge is 0.322 e. The molecule has 4 heteroatoms. The third-order valence-corrected chi connectivity index (χ3v) is 4.90. The number of hydrogen-bond acceptors (Lipinski definition) is 3. The summed E-state index contributed by atoms with van der Waals surface area (Å²) >= 11 is 0. The molecule has 1 rings (SSSR count). The average molecular weight is 297 g/mol. The molecule has 0 radical (unpaired) electrons. The van der Waals surface area contributed by atoms with Gasteiger partial charge < -0.3 is 9.80 Å². The van der Waals surface area contributed by atoms with E-state index in [2.05, 4.69) is 56.7 Å². The van der Waals surface area contributed by atoms with Crippen molar-refractivity contribution in [2.75, 3.05) is 19.6 Å². The number of likely N-dealkylation sites (N-methyl/N-ethyl adjacent to an activating group) is 1. The van der Waals surface area contributed by atoms with Gasteiger partial charge in [0.05, 0.1) is 12.2 Å². The molecule has 21 heavy (non-hydrogen) atoms. The monoisotopic (exact) mass is 297 g/mol. The summed E-state index contributed by atoms with van der Waals surface area (Å²) in [6, 6.07) is 0.279. The zero-order valence-electron chi connectivity index (χ0n) is 14.9. The van der Waals surface area contributed by atoms with Gasteiger partial charge in [-0.05, 0) is 32.4 Å². The van der Waals surface area contributed by atoms with E-state index < -0.39 is 0 Å². The third kappa shape index (κ3) is 4.43. The van der Waals surface area contributed by atoms with Crippen molar-refractivity contribution in [2.24, 2.45) is 5.92 Å². The Bertz CT molecular complexity index is 317. The fraction of sp³-hybridized carbons (Fsp3) is 0.941. The molecule has 4 unspecified atom stereocenters. The maximum absolute atomic E-state index is 12.8. The van der Waals surface area contributed by atoms with Crippen molar-refractivity contribution < 1.29 is 4.79 Å². The third-order valence-electron chi connectivity index (χ3n) is 4.90. The molecular formula is C17H35N3O. The maximum atomic E-state index is 12.8. The van der Waals surface area contributed by atoms with E-state index in [1.165, 1.54) is 0 Å². The van der Waals surface area contributed by atoms with Crippen molar-refractivity contribution in [3.05, 3.63) is 0 Å². The molecule has 4 nitrogen and oxygen atoms in total. The minimum atomic E-state index is 0.00528. The molecule has 1 aliphatic heterocycles. The number of amides is 1. The standard InChI is InChI=1S/C17H35N3O/c1-7-11-15-18-16(13(5)8-2)17(21)20(15)14(6)12-19(9-3)10-4/h13-16,18H,7-12H2,1-6H3. The van der Waals surface area contributed by atoms with Crippen molar-refractivity contribution in [1.82, 2.24) is 15.1 Å². The van der Waals surface area contributed by atoms with Gasteiger partial charge in [0.1, 0.15) is 0 Å². The van der Waals surface area contributed by atoms with Crippen molar-refractivity contribution in [3.63, 3.8) is 0 Å². The Morgan fingerprint density at radius 2 is 1.81 bits per heavy atom. The summed E-state index contributed by atoms with van der Waals surface area (Å²) in [5, 5.41) is 3.59. The van der Waals surface area contributed by atoms with Gasteiger partial charge in [-0.3, -0.25) is 10.1 Å². The van der Waals surface area contributed by atoms with Crippen molar-refractivity contribution in [1.29, 1.82) is 0 Å². The lowest BCUT2D eigenvalue weighted by atomic mass is 9.99. The van der Waals surface area contributed by atoms with Crippen LogP contribution in [0.5, 0.6) is 0 Å². The molecule has 0 aromatic heterocycles. The Morgan fingerprint density at radius 1 is 1.19 bits per heavy atom. The molecule has 1 fully saturated rings. The van der Waals surface area contributed by atoms with Crippen LogP contribution in [0.4, 0.5) is 0 Å². The van der Waals surface area contributed by atoms with Crippen LogP contribution in [0.15, 0.2) is 0 Å². The molecule has 0 aromatic rings. The van der Waals surface area contributed by atoms with E-state index in [9.17, 15) is 4.79 Å². The fourth-order valence-corrected chi connectivity index (χ4v) is 3.28. The normalized spacial score (nSPS) is 25.7. The second kappa shape index (κ2) is 8.74. The maximum Gasteiger partial charge on any atom is 0.241 e. The first kappa shape index (κ1) is 18.4. The fourth-order valence-electron chi connectivity index (χ4n) is 3.28. The summed E-state index contributed by atoms with van der Waals surface area (Å²) in [4.78, 5) is 17.4. The minimum Gasteiger partial charge on any atom is -0.322 e. The lowest BCUT2D eigenvalue weighted by molar-refractivity contribution is -0.133. The summed E-state index contributed by atoms with van der Waals surface area (Å²) in [5.41, 5.74) is 0. The summed E-state index contributed by atoms with van der Waals surface area (Å²) in [5.74, 6) is 0.713. The second-order valence-corrected chi connectivity index (χ2v) is 6.41. The highest BCUT2D eigenvalue weighted by molar-refractivity contribution is 5.85. The SMILES string of the molecule is CCCC1NC(C(C)CC)C(=O)N1C(C)CN(CC)CC. The Morgan fingerprint density at radius 3 is 2.29 bits per heavy atom. The molecular weight excluding hydrogens is 262 g/mol. The number of nitrogens with one attached hydrogen (secondary N) is 1. The molecule has 1 N–H and O–H groups in total. The van der Waals surface area contributed by atoms with Crippen LogP contribution in [0.3, 0.4) is 0 Å². The van der Waals surface area contributed by atoms with Crippen LogP contribution < -0.4 is 5.32 Å². The van der Waals surface area contributed by atoms with Gasteiger partial charge in [0.2, 0.25) is 5.91 Å². The van der Waals surface area contributed by atoms with Crippen molar-refractivity contribution in [2.45, 2.75) is 79.1 Å². The first-order chi connectivity index (χ1) is 9.99. The van der Waals surface area contributed by atoms with Gasteiger partial charge in [-0.1, -0.05) is 47.5 Å². The molecule has 1 heterocycles. The van der Waals surface area contributed by atoms with E-state index in [0.717, 1.165) is 38.9 Å². The summed E-state index contributed by atoms with van der Waals surface area (Å²) < 4.78 is 0. The van der Waals surface area contributed by atoms with Crippen LogP contribution >= 0.6 is 0 Å². The molecule has 1 saturated heterocycles. The predicted octanol–water partition coefficient (Wildman–Crippen LogP) is 2.69. The molecule has 4 atom stereocenters. The van der Waals surface area contributed by atoms with Crippen LogP contribution in [0, 0.1) is 5.92 Å². The van der Waals surface area contributed by atoms with Gasteiger partial charge in [0.15, 0.2) is 0 Å². The minimum absolute atomic E-state index is 0.00528. The molecule has 124 valence electrons. The predicted molar refractivity (Wildman–Crippen MR) is 89.2 cm³/mol. The highest BCUT2D eigenvalue weighted by atomic mass is 16.2. The van der Waals surface area contributed by atoms with E-state index in [0.29, 0.717) is 11.8 Å². The second-order valence-electron chi connectivity index (χ2n) is 6.41. The molecule has 0 spiro atoms. The van der Waals surface area contributed by atoms with Crippen molar-refractivity contribution >= 4 is 5.91 Å². The highest BCUT2D eigenvalue weighted by Crippen LogP contribution is 2.24. The van der Waals surface area contributed by atoms with Gasteiger partial charge in [-0.2, -0.15) is 0 Å². The summed E-state index contributed by atoms with van der Waals surface area (Å²) in [6.45, 7) is 16.2.